The Kier molecular flexibility index (Phi) is 6.68. The first-order valence-corrected chi connectivity index (χ1v) is 11.0. The molecule has 0 fully saturated rings. The van der Waals surface area contributed by atoms with E-state index in [-0.39, 0.29) is 23.1 Å². The molecule has 0 saturated carbocycles. The van der Waals surface area contributed by atoms with Gasteiger partial charge in [-0.1, -0.05) is 26.0 Å². The number of rotatable bonds is 8. The summed E-state index contributed by atoms with van der Waals surface area (Å²) < 4.78 is 10.5. The molecule has 0 aliphatic rings. The number of amides is 2. The van der Waals surface area contributed by atoms with Crippen LogP contribution in [0.25, 0.3) is 11.0 Å². The molecule has 0 unspecified atom stereocenters. The third-order valence-electron chi connectivity index (χ3n) is 5.76. The van der Waals surface area contributed by atoms with Gasteiger partial charge in [0.2, 0.25) is 0 Å². The lowest BCUT2D eigenvalue weighted by atomic mass is 9.84. The zero-order chi connectivity index (χ0) is 25.0. The van der Waals surface area contributed by atoms with Crippen molar-refractivity contribution in [3.05, 3.63) is 77.9 Å². The lowest BCUT2D eigenvalue weighted by molar-refractivity contribution is 0.0936. The van der Waals surface area contributed by atoms with E-state index in [1.165, 1.54) is 7.11 Å². The molecule has 9 heteroatoms. The van der Waals surface area contributed by atoms with Gasteiger partial charge in [-0.15, -0.1) is 0 Å². The summed E-state index contributed by atoms with van der Waals surface area (Å²) in [6, 6.07) is 14.3. The van der Waals surface area contributed by atoms with Gasteiger partial charge in [0.1, 0.15) is 0 Å². The fourth-order valence-corrected chi connectivity index (χ4v) is 3.64. The predicted octanol–water partition coefficient (Wildman–Crippen LogP) is 3.94. The number of fused-ring (bicyclic) bond motifs is 1. The summed E-state index contributed by atoms with van der Waals surface area (Å²) in [6.07, 6.45) is 3.27. The first-order valence-electron chi connectivity index (χ1n) is 11.0. The molecule has 35 heavy (non-hydrogen) atoms. The molecule has 180 valence electrons. The maximum absolute atomic E-state index is 12.7. The summed E-state index contributed by atoms with van der Waals surface area (Å²) in [5, 5.41) is 5.83. The zero-order valence-corrected chi connectivity index (χ0v) is 20.0. The number of benzene rings is 2. The zero-order valence-electron chi connectivity index (χ0n) is 20.0. The van der Waals surface area contributed by atoms with Gasteiger partial charge < -0.3 is 25.1 Å². The van der Waals surface area contributed by atoms with Crippen molar-refractivity contribution in [1.82, 2.24) is 20.3 Å². The quantitative estimate of drug-likeness (QED) is 0.357. The molecule has 0 aliphatic heterocycles. The number of ether oxygens (including phenoxy) is 2. The number of hydrogen-bond donors (Lipinski definition) is 3. The van der Waals surface area contributed by atoms with Crippen molar-refractivity contribution in [3.8, 4) is 11.5 Å². The van der Waals surface area contributed by atoms with Crippen LogP contribution in [0.15, 0.2) is 60.9 Å². The van der Waals surface area contributed by atoms with Gasteiger partial charge in [0.15, 0.2) is 17.3 Å². The van der Waals surface area contributed by atoms with E-state index in [1.807, 2.05) is 38.1 Å². The Morgan fingerprint density at radius 3 is 2.40 bits per heavy atom. The van der Waals surface area contributed by atoms with Gasteiger partial charge in [0.25, 0.3) is 11.8 Å². The number of anilines is 1. The number of methoxy groups -OCH3 is 2. The Bertz CT molecular complexity index is 1330. The number of imidazole rings is 1. The molecule has 0 bridgehead atoms. The molecule has 2 aromatic heterocycles. The van der Waals surface area contributed by atoms with Crippen LogP contribution in [-0.4, -0.2) is 47.5 Å². The Balaban J connectivity index is 1.38. The molecule has 0 radical (unpaired) electrons. The molecule has 9 nitrogen and oxygen atoms in total. The largest absolute Gasteiger partial charge is 0.493 e. The topological polar surface area (TPSA) is 118 Å². The number of carbonyl (C=O) groups excluding carboxylic acids is 2. The second kappa shape index (κ2) is 9.84. The van der Waals surface area contributed by atoms with Gasteiger partial charge in [-0.25, -0.2) is 4.98 Å². The molecule has 2 amide bonds. The van der Waals surface area contributed by atoms with E-state index in [0.29, 0.717) is 40.3 Å². The van der Waals surface area contributed by atoms with Crippen molar-refractivity contribution in [2.75, 3.05) is 26.1 Å². The van der Waals surface area contributed by atoms with Crippen LogP contribution in [0.4, 0.5) is 5.69 Å². The summed E-state index contributed by atoms with van der Waals surface area (Å²) >= 11 is 0. The van der Waals surface area contributed by atoms with Gasteiger partial charge >= 0.3 is 0 Å². The minimum Gasteiger partial charge on any atom is -0.493 e. The fourth-order valence-electron chi connectivity index (χ4n) is 3.64. The number of nitrogens with one attached hydrogen (secondary N) is 3. The molecule has 0 spiro atoms. The summed E-state index contributed by atoms with van der Waals surface area (Å²) in [5.41, 5.74) is 3.17. The molecule has 2 heterocycles. The van der Waals surface area contributed by atoms with Crippen molar-refractivity contribution in [3.63, 3.8) is 0 Å². The number of aromatic nitrogens is 3. The van der Waals surface area contributed by atoms with E-state index in [9.17, 15) is 9.59 Å². The molecule has 0 aliphatic carbocycles. The number of nitrogens with zero attached hydrogens (tertiary/aromatic N) is 2. The molecule has 0 saturated heterocycles. The first kappa shape index (κ1) is 23.7. The third-order valence-corrected chi connectivity index (χ3v) is 5.76. The maximum Gasteiger partial charge on any atom is 0.287 e. The number of carbonyl (C=O) groups is 2. The summed E-state index contributed by atoms with van der Waals surface area (Å²) in [6.45, 7) is 4.47. The highest BCUT2D eigenvalue weighted by Gasteiger charge is 2.23. The highest BCUT2D eigenvalue weighted by Crippen LogP contribution is 2.28. The van der Waals surface area contributed by atoms with Crippen LogP contribution in [0.5, 0.6) is 11.5 Å². The third kappa shape index (κ3) is 5.24. The summed E-state index contributed by atoms with van der Waals surface area (Å²) in [5.74, 6) is 0.745. The average Bonchev–Trinajstić information content (AvgIpc) is 3.31. The Morgan fingerprint density at radius 2 is 1.71 bits per heavy atom. The van der Waals surface area contributed by atoms with Crippen molar-refractivity contribution >= 4 is 28.5 Å². The van der Waals surface area contributed by atoms with Crippen molar-refractivity contribution in [2.24, 2.45) is 0 Å². The molecule has 4 rings (SSSR count). The van der Waals surface area contributed by atoms with Gasteiger partial charge in [-0.3, -0.25) is 14.6 Å². The minimum absolute atomic E-state index is 0.247. The second-order valence-electron chi connectivity index (χ2n) is 8.65. The average molecular weight is 474 g/mol. The SMILES string of the molecule is COc1ccc(C(=O)Nc2ccc(C(C)(C)CNC(=O)c3nc4ccncc4[nH]3)cc2)cc1OC. The maximum atomic E-state index is 12.7. The summed E-state index contributed by atoms with van der Waals surface area (Å²) in [4.78, 5) is 36.6. The van der Waals surface area contributed by atoms with E-state index in [1.54, 1.807) is 43.8 Å². The fraction of sp³-hybridized carbons (Fsp3) is 0.231. The normalized spacial score (nSPS) is 11.2. The number of H-pyrrole nitrogens is 1. The van der Waals surface area contributed by atoms with Crippen LogP contribution in [0.1, 0.15) is 40.4 Å². The molecule has 0 atom stereocenters. The van der Waals surface area contributed by atoms with E-state index in [2.05, 4.69) is 25.6 Å². The molecular formula is C26H27N5O4. The van der Waals surface area contributed by atoms with Crippen LogP contribution in [0.3, 0.4) is 0 Å². The smallest absolute Gasteiger partial charge is 0.287 e. The number of pyridine rings is 1. The van der Waals surface area contributed by atoms with Gasteiger partial charge in [0.05, 0.1) is 31.4 Å². The van der Waals surface area contributed by atoms with Crippen LogP contribution in [0.2, 0.25) is 0 Å². The standard InChI is InChI=1S/C26H27N5O4/c1-26(2,15-28-25(33)23-30-19-11-12-27-14-20(19)31-23)17-6-8-18(9-7-17)29-24(32)16-5-10-21(34-3)22(13-16)35-4/h5-14H,15H2,1-4H3,(H,28,33)(H,29,32)(H,30,31). The lowest BCUT2D eigenvalue weighted by Gasteiger charge is -2.25. The van der Waals surface area contributed by atoms with E-state index in [0.717, 1.165) is 5.56 Å². The number of aromatic amines is 1. The lowest BCUT2D eigenvalue weighted by Crippen LogP contribution is -2.37. The van der Waals surface area contributed by atoms with Crippen molar-refractivity contribution in [2.45, 2.75) is 19.3 Å². The molecule has 3 N–H and O–H groups in total. The predicted molar refractivity (Wildman–Crippen MR) is 133 cm³/mol. The molecular weight excluding hydrogens is 446 g/mol. The Morgan fingerprint density at radius 1 is 0.971 bits per heavy atom. The summed E-state index contributed by atoms with van der Waals surface area (Å²) in [7, 11) is 3.07. The van der Waals surface area contributed by atoms with Crippen LogP contribution in [0, 0.1) is 0 Å². The van der Waals surface area contributed by atoms with Crippen LogP contribution < -0.4 is 20.1 Å². The van der Waals surface area contributed by atoms with Crippen molar-refractivity contribution < 1.29 is 19.1 Å². The Hall–Kier alpha value is -4.40. The second-order valence-corrected chi connectivity index (χ2v) is 8.65. The minimum atomic E-state index is -0.352. The van der Waals surface area contributed by atoms with Crippen molar-refractivity contribution in [1.29, 1.82) is 0 Å². The Labute approximate surface area is 202 Å². The van der Waals surface area contributed by atoms with Gasteiger partial charge in [-0.05, 0) is 42.0 Å². The van der Waals surface area contributed by atoms with Gasteiger partial charge in [0, 0.05) is 29.4 Å². The van der Waals surface area contributed by atoms with E-state index < -0.39 is 0 Å². The first-order chi connectivity index (χ1) is 16.8. The van der Waals surface area contributed by atoms with Crippen LogP contribution >= 0.6 is 0 Å². The highest BCUT2D eigenvalue weighted by molar-refractivity contribution is 6.04. The van der Waals surface area contributed by atoms with E-state index >= 15 is 0 Å². The molecule has 4 aromatic rings. The monoisotopic (exact) mass is 473 g/mol. The molecule has 2 aromatic carbocycles. The van der Waals surface area contributed by atoms with E-state index in [4.69, 9.17) is 9.47 Å². The van der Waals surface area contributed by atoms with Crippen LogP contribution in [-0.2, 0) is 5.41 Å². The highest BCUT2D eigenvalue weighted by atomic mass is 16.5. The van der Waals surface area contributed by atoms with Gasteiger partial charge in [-0.2, -0.15) is 0 Å². The number of hydrogen-bond acceptors (Lipinski definition) is 6.